The van der Waals surface area contributed by atoms with Crippen molar-refractivity contribution in [1.29, 1.82) is 5.26 Å². The molecule has 0 saturated heterocycles. The summed E-state index contributed by atoms with van der Waals surface area (Å²) in [6.45, 7) is 0. The Morgan fingerprint density at radius 3 is 2.44 bits per heavy atom. The minimum absolute atomic E-state index is 0.229. The maximum Gasteiger partial charge on any atom is 0.294 e. The lowest BCUT2D eigenvalue weighted by atomic mass is 10.2. The van der Waals surface area contributed by atoms with E-state index in [9.17, 15) is 13.2 Å². The number of anilines is 2. The van der Waals surface area contributed by atoms with E-state index in [0.717, 1.165) is 12.3 Å². The maximum atomic E-state index is 12.1. The van der Waals surface area contributed by atoms with Crippen LogP contribution in [0, 0.1) is 11.3 Å². The molecule has 2 rings (SSSR count). The number of hydrogen-bond acceptors (Lipinski definition) is 5. The molecule has 0 unspecified atom stereocenters. The first-order valence-corrected chi connectivity index (χ1v) is 8.62. The SMILES string of the molecule is N#C/C(=C/Nc1cccc(S(=O)(=O)O)c1)C(=O)Nc1ccc(Cl)cc1. The van der Waals surface area contributed by atoms with Crippen molar-refractivity contribution in [1.82, 2.24) is 0 Å². The van der Waals surface area contributed by atoms with E-state index in [4.69, 9.17) is 21.4 Å². The number of carbonyl (C=O) groups is 1. The van der Waals surface area contributed by atoms with Crippen LogP contribution in [-0.4, -0.2) is 18.9 Å². The number of nitriles is 1. The molecule has 0 aliphatic rings. The average molecular weight is 378 g/mol. The number of rotatable bonds is 5. The molecule has 128 valence electrons. The molecular weight excluding hydrogens is 366 g/mol. The van der Waals surface area contributed by atoms with Gasteiger partial charge in [0.2, 0.25) is 0 Å². The van der Waals surface area contributed by atoms with Gasteiger partial charge in [-0.05, 0) is 42.5 Å². The molecule has 9 heteroatoms. The van der Waals surface area contributed by atoms with Crippen LogP contribution in [-0.2, 0) is 14.9 Å². The second-order valence-corrected chi connectivity index (χ2v) is 6.64. The monoisotopic (exact) mass is 377 g/mol. The highest BCUT2D eigenvalue weighted by molar-refractivity contribution is 7.85. The molecule has 0 aliphatic carbocycles. The van der Waals surface area contributed by atoms with Gasteiger partial charge in [-0.15, -0.1) is 0 Å². The van der Waals surface area contributed by atoms with Gasteiger partial charge in [0.25, 0.3) is 16.0 Å². The van der Waals surface area contributed by atoms with Crippen molar-refractivity contribution in [3.8, 4) is 6.07 Å². The number of benzene rings is 2. The first-order valence-electron chi connectivity index (χ1n) is 6.81. The van der Waals surface area contributed by atoms with Crippen LogP contribution in [0.4, 0.5) is 11.4 Å². The van der Waals surface area contributed by atoms with E-state index in [1.54, 1.807) is 30.3 Å². The Kier molecular flexibility index (Phi) is 5.77. The molecule has 0 saturated carbocycles. The fourth-order valence-corrected chi connectivity index (χ4v) is 2.43. The van der Waals surface area contributed by atoms with Gasteiger partial charge in [-0.25, -0.2) is 0 Å². The largest absolute Gasteiger partial charge is 0.360 e. The Hall–Kier alpha value is -2.86. The summed E-state index contributed by atoms with van der Waals surface area (Å²) in [4.78, 5) is 11.8. The van der Waals surface area contributed by atoms with Gasteiger partial charge >= 0.3 is 0 Å². The van der Waals surface area contributed by atoms with Crippen molar-refractivity contribution >= 4 is 39.0 Å². The van der Waals surface area contributed by atoms with Gasteiger partial charge in [0.05, 0.1) is 4.90 Å². The van der Waals surface area contributed by atoms with Crippen LogP contribution < -0.4 is 10.6 Å². The summed E-state index contributed by atoms with van der Waals surface area (Å²) < 4.78 is 31.2. The van der Waals surface area contributed by atoms with Crippen molar-refractivity contribution in [2.45, 2.75) is 4.90 Å². The highest BCUT2D eigenvalue weighted by Crippen LogP contribution is 2.16. The summed E-state index contributed by atoms with van der Waals surface area (Å²) >= 11 is 5.75. The lowest BCUT2D eigenvalue weighted by Gasteiger charge is -2.06. The Morgan fingerprint density at radius 2 is 1.84 bits per heavy atom. The molecule has 0 atom stereocenters. The minimum atomic E-state index is -4.35. The van der Waals surface area contributed by atoms with Crippen LogP contribution >= 0.6 is 11.6 Å². The number of nitrogens with zero attached hydrogens (tertiary/aromatic N) is 1. The Labute approximate surface area is 149 Å². The van der Waals surface area contributed by atoms with Gasteiger partial charge in [0.15, 0.2) is 0 Å². The molecule has 0 aliphatic heterocycles. The summed E-state index contributed by atoms with van der Waals surface area (Å²) in [6.07, 6.45) is 1.13. The van der Waals surface area contributed by atoms with E-state index in [-0.39, 0.29) is 16.2 Å². The van der Waals surface area contributed by atoms with E-state index >= 15 is 0 Å². The third-order valence-corrected chi connectivity index (χ3v) is 4.08. The third kappa shape index (κ3) is 5.32. The number of halogens is 1. The molecular formula is C16H12ClN3O4S. The lowest BCUT2D eigenvalue weighted by Crippen LogP contribution is -2.14. The zero-order chi connectivity index (χ0) is 18.4. The average Bonchev–Trinajstić information content (AvgIpc) is 2.57. The van der Waals surface area contributed by atoms with Gasteiger partial charge in [-0.3, -0.25) is 9.35 Å². The molecule has 7 nitrogen and oxygen atoms in total. The second kappa shape index (κ2) is 7.81. The summed E-state index contributed by atoms with van der Waals surface area (Å²) in [5, 5.41) is 14.8. The lowest BCUT2D eigenvalue weighted by molar-refractivity contribution is -0.112. The van der Waals surface area contributed by atoms with Crippen LogP contribution in [0.5, 0.6) is 0 Å². The topological polar surface area (TPSA) is 119 Å². The molecule has 0 radical (unpaired) electrons. The number of amides is 1. The Balaban J connectivity index is 2.13. The van der Waals surface area contributed by atoms with Crippen LogP contribution in [0.3, 0.4) is 0 Å². The van der Waals surface area contributed by atoms with Gasteiger partial charge in [0.1, 0.15) is 11.6 Å². The molecule has 0 aromatic heterocycles. The molecule has 0 bridgehead atoms. The molecule has 1 amide bonds. The standard InChI is InChI=1S/C16H12ClN3O4S/c17-12-4-6-13(7-5-12)20-16(21)11(9-18)10-19-14-2-1-3-15(8-14)25(22,23)24/h1-8,10,19H,(H,20,21)(H,22,23,24)/b11-10-. The van der Waals surface area contributed by atoms with Gasteiger partial charge in [-0.2, -0.15) is 13.7 Å². The molecule has 25 heavy (non-hydrogen) atoms. The molecule has 2 aromatic rings. The highest BCUT2D eigenvalue weighted by Gasteiger charge is 2.11. The van der Waals surface area contributed by atoms with Crippen LogP contribution in [0.25, 0.3) is 0 Å². The van der Waals surface area contributed by atoms with Crippen molar-refractivity contribution in [3.05, 3.63) is 65.3 Å². The summed E-state index contributed by atoms with van der Waals surface area (Å²) in [5.41, 5.74) is 0.512. The minimum Gasteiger partial charge on any atom is -0.360 e. The van der Waals surface area contributed by atoms with Gasteiger partial charge < -0.3 is 10.6 Å². The van der Waals surface area contributed by atoms with Crippen molar-refractivity contribution in [2.24, 2.45) is 0 Å². The van der Waals surface area contributed by atoms with Crippen LogP contribution in [0.2, 0.25) is 5.02 Å². The Bertz CT molecular complexity index is 964. The van der Waals surface area contributed by atoms with E-state index in [1.165, 1.54) is 18.2 Å². The van der Waals surface area contributed by atoms with E-state index in [2.05, 4.69) is 10.6 Å². The number of hydrogen-bond donors (Lipinski definition) is 3. The summed E-state index contributed by atoms with van der Waals surface area (Å²) in [6, 6.07) is 13.4. The first-order chi connectivity index (χ1) is 11.8. The normalized spacial score (nSPS) is 11.5. The molecule has 3 N–H and O–H groups in total. The summed E-state index contributed by atoms with van der Waals surface area (Å²) in [7, 11) is -4.35. The Morgan fingerprint density at radius 1 is 1.16 bits per heavy atom. The third-order valence-electron chi connectivity index (χ3n) is 2.98. The van der Waals surface area contributed by atoms with Crippen LogP contribution in [0.1, 0.15) is 0 Å². The molecule has 2 aromatic carbocycles. The fourth-order valence-electron chi connectivity index (χ4n) is 1.78. The highest BCUT2D eigenvalue weighted by atomic mass is 35.5. The quantitative estimate of drug-likeness (QED) is 0.418. The van der Waals surface area contributed by atoms with Gasteiger partial charge in [-0.1, -0.05) is 17.7 Å². The predicted octanol–water partition coefficient (Wildman–Crippen LogP) is 3.04. The second-order valence-electron chi connectivity index (χ2n) is 4.78. The van der Waals surface area contributed by atoms with E-state index in [0.29, 0.717) is 10.7 Å². The van der Waals surface area contributed by atoms with Crippen molar-refractivity contribution in [3.63, 3.8) is 0 Å². The zero-order valence-corrected chi connectivity index (χ0v) is 14.2. The molecule has 0 fully saturated rings. The van der Waals surface area contributed by atoms with Crippen molar-refractivity contribution < 1.29 is 17.8 Å². The molecule has 0 heterocycles. The number of carbonyl (C=O) groups excluding carboxylic acids is 1. The number of nitrogens with one attached hydrogen (secondary N) is 2. The first kappa shape index (κ1) is 18.5. The van der Waals surface area contributed by atoms with Crippen molar-refractivity contribution in [2.75, 3.05) is 10.6 Å². The zero-order valence-electron chi connectivity index (χ0n) is 12.6. The molecule has 0 spiro atoms. The van der Waals surface area contributed by atoms with Gasteiger partial charge in [0, 0.05) is 22.6 Å². The fraction of sp³-hybridized carbons (Fsp3) is 0. The van der Waals surface area contributed by atoms with Crippen LogP contribution in [0.15, 0.2) is 65.2 Å². The van der Waals surface area contributed by atoms with E-state index in [1.807, 2.05) is 0 Å². The van der Waals surface area contributed by atoms with E-state index < -0.39 is 16.0 Å². The smallest absolute Gasteiger partial charge is 0.294 e. The predicted molar refractivity (Wildman–Crippen MR) is 93.7 cm³/mol. The maximum absolute atomic E-state index is 12.1. The summed E-state index contributed by atoms with van der Waals surface area (Å²) in [5.74, 6) is -0.650.